The van der Waals surface area contributed by atoms with Gasteiger partial charge in [-0.05, 0) is 55.6 Å². The number of piperidine rings is 1. The van der Waals surface area contributed by atoms with E-state index in [4.69, 9.17) is 20.9 Å². The fraction of sp³-hybridized carbons (Fsp3) is 0.526. The predicted molar refractivity (Wildman–Crippen MR) is 103 cm³/mol. The predicted octanol–water partition coefficient (Wildman–Crippen LogP) is 3.27. The summed E-state index contributed by atoms with van der Waals surface area (Å²) in [5.41, 5.74) is 0.922. The largest absolute Gasteiger partial charge is 0.481 e. The van der Waals surface area contributed by atoms with Gasteiger partial charge in [0.1, 0.15) is 5.75 Å². The molecule has 1 aliphatic rings. The second-order valence-corrected chi connectivity index (χ2v) is 7.50. The van der Waals surface area contributed by atoms with Crippen LogP contribution in [0, 0.1) is 6.92 Å². The van der Waals surface area contributed by atoms with Gasteiger partial charge in [-0.3, -0.25) is 4.79 Å². The zero-order chi connectivity index (χ0) is 19.6. The Morgan fingerprint density at radius 1 is 1.37 bits per heavy atom. The molecule has 1 amide bonds. The molecule has 2 heterocycles. The van der Waals surface area contributed by atoms with Gasteiger partial charge in [0.15, 0.2) is 6.10 Å². The summed E-state index contributed by atoms with van der Waals surface area (Å²) in [6, 6.07) is 5.40. The first-order valence-electron chi connectivity index (χ1n) is 9.07. The van der Waals surface area contributed by atoms with E-state index in [1.54, 1.807) is 19.1 Å². The zero-order valence-electron chi connectivity index (χ0n) is 16.1. The van der Waals surface area contributed by atoms with Crippen LogP contribution in [0.5, 0.6) is 5.75 Å². The van der Waals surface area contributed by atoms with Crippen molar-refractivity contribution in [3.63, 3.8) is 0 Å². The van der Waals surface area contributed by atoms with Gasteiger partial charge >= 0.3 is 0 Å². The topological polar surface area (TPSA) is 71.7 Å². The van der Waals surface area contributed by atoms with Crippen LogP contribution in [0.1, 0.15) is 37.1 Å². The van der Waals surface area contributed by atoms with Gasteiger partial charge in [-0.15, -0.1) is 0 Å². The molecule has 1 fully saturated rings. The normalized spacial score (nSPS) is 16.3. The first kappa shape index (κ1) is 19.5. The van der Waals surface area contributed by atoms with Gasteiger partial charge in [0.05, 0.1) is 0 Å². The number of likely N-dealkylation sites (tertiary alicyclic amines) is 1. The highest BCUT2D eigenvalue weighted by atomic mass is 35.5. The van der Waals surface area contributed by atoms with Crippen LogP contribution in [-0.4, -0.2) is 54.2 Å². The van der Waals surface area contributed by atoms with Gasteiger partial charge < -0.3 is 19.1 Å². The molecule has 1 unspecified atom stereocenters. The van der Waals surface area contributed by atoms with Crippen molar-refractivity contribution in [2.24, 2.45) is 0 Å². The number of anilines is 1. The molecule has 27 heavy (non-hydrogen) atoms. The summed E-state index contributed by atoms with van der Waals surface area (Å²) in [5.74, 6) is 2.04. The standard InChI is InChI=1S/C19H25ClN4O3/c1-12-11-15(5-6-16(12)20)26-13(2)18(25)24-9-7-14(8-10-24)17-21-19(22-27-17)23(3)4/h5-6,11,13-14H,7-10H2,1-4H3. The molecule has 0 bridgehead atoms. The highest BCUT2D eigenvalue weighted by Gasteiger charge is 2.30. The number of carbonyl (C=O) groups excluding carboxylic acids is 1. The monoisotopic (exact) mass is 392 g/mol. The third-order valence-corrected chi connectivity index (χ3v) is 5.20. The van der Waals surface area contributed by atoms with E-state index in [9.17, 15) is 4.79 Å². The maximum Gasteiger partial charge on any atom is 0.265 e. The number of rotatable bonds is 5. The average molecular weight is 393 g/mol. The van der Waals surface area contributed by atoms with Crippen molar-refractivity contribution in [1.29, 1.82) is 0 Å². The fourth-order valence-electron chi connectivity index (χ4n) is 3.12. The molecule has 1 saturated heterocycles. The van der Waals surface area contributed by atoms with Gasteiger partial charge in [0.2, 0.25) is 5.89 Å². The summed E-state index contributed by atoms with van der Waals surface area (Å²) >= 11 is 6.03. The van der Waals surface area contributed by atoms with E-state index in [1.165, 1.54) is 0 Å². The SMILES string of the molecule is Cc1cc(OC(C)C(=O)N2CCC(c3nc(N(C)C)no3)CC2)ccc1Cl. The summed E-state index contributed by atoms with van der Waals surface area (Å²) in [7, 11) is 3.75. The molecule has 1 atom stereocenters. The number of hydrogen-bond acceptors (Lipinski definition) is 6. The Morgan fingerprint density at radius 2 is 2.07 bits per heavy atom. The lowest BCUT2D eigenvalue weighted by Gasteiger charge is -2.32. The van der Waals surface area contributed by atoms with Crippen LogP contribution in [0.2, 0.25) is 5.02 Å². The number of halogens is 1. The number of carbonyl (C=O) groups is 1. The first-order valence-corrected chi connectivity index (χ1v) is 9.45. The van der Waals surface area contributed by atoms with Crippen molar-refractivity contribution in [3.8, 4) is 5.75 Å². The molecule has 3 rings (SSSR count). The van der Waals surface area contributed by atoms with Gasteiger partial charge in [0.25, 0.3) is 11.9 Å². The number of benzene rings is 1. The van der Waals surface area contributed by atoms with E-state index in [0.717, 1.165) is 18.4 Å². The molecule has 7 nitrogen and oxygen atoms in total. The molecule has 0 spiro atoms. The van der Waals surface area contributed by atoms with Crippen LogP contribution in [0.3, 0.4) is 0 Å². The maximum atomic E-state index is 12.7. The number of aromatic nitrogens is 2. The minimum atomic E-state index is -0.550. The Bertz CT molecular complexity index is 800. The fourth-order valence-corrected chi connectivity index (χ4v) is 3.24. The number of nitrogens with zero attached hydrogens (tertiary/aromatic N) is 4. The van der Waals surface area contributed by atoms with Crippen molar-refractivity contribution in [2.45, 2.75) is 38.7 Å². The van der Waals surface area contributed by atoms with Crippen LogP contribution in [0.25, 0.3) is 0 Å². The number of amides is 1. The Kier molecular flexibility index (Phi) is 5.89. The lowest BCUT2D eigenvalue weighted by Crippen LogP contribution is -2.44. The van der Waals surface area contributed by atoms with Gasteiger partial charge in [-0.1, -0.05) is 11.6 Å². The molecule has 1 aromatic carbocycles. The Labute approximate surface area is 164 Å². The van der Waals surface area contributed by atoms with Crippen molar-refractivity contribution in [2.75, 3.05) is 32.1 Å². The second-order valence-electron chi connectivity index (χ2n) is 7.10. The molecular weight excluding hydrogens is 368 g/mol. The zero-order valence-corrected chi connectivity index (χ0v) is 16.9. The molecule has 0 aliphatic carbocycles. The van der Waals surface area contributed by atoms with Crippen molar-refractivity contribution < 1.29 is 14.1 Å². The molecule has 0 N–H and O–H groups in total. The van der Waals surface area contributed by atoms with E-state index >= 15 is 0 Å². The van der Waals surface area contributed by atoms with Gasteiger partial charge in [-0.25, -0.2) is 0 Å². The molecule has 1 aromatic heterocycles. The number of ether oxygens (including phenoxy) is 1. The highest BCUT2D eigenvalue weighted by molar-refractivity contribution is 6.31. The molecule has 8 heteroatoms. The molecule has 0 radical (unpaired) electrons. The average Bonchev–Trinajstić information content (AvgIpc) is 3.15. The van der Waals surface area contributed by atoms with Gasteiger partial charge in [-0.2, -0.15) is 4.98 Å². The maximum absolute atomic E-state index is 12.7. The van der Waals surface area contributed by atoms with E-state index in [2.05, 4.69) is 10.1 Å². The van der Waals surface area contributed by atoms with E-state index in [0.29, 0.717) is 35.7 Å². The smallest absolute Gasteiger partial charge is 0.265 e. The summed E-state index contributed by atoms with van der Waals surface area (Å²) in [6.07, 6.45) is 1.05. The summed E-state index contributed by atoms with van der Waals surface area (Å²) in [5, 5.41) is 4.65. The lowest BCUT2D eigenvalue weighted by molar-refractivity contribution is -0.139. The number of hydrogen-bond donors (Lipinski definition) is 0. The van der Waals surface area contributed by atoms with E-state index < -0.39 is 6.10 Å². The molecule has 1 aliphatic heterocycles. The third kappa shape index (κ3) is 4.53. The minimum Gasteiger partial charge on any atom is -0.481 e. The lowest BCUT2D eigenvalue weighted by atomic mass is 9.96. The second kappa shape index (κ2) is 8.17. The van der Waals surface area contributed by atoms with E-state index in [-0.39, 0.29) is 11.8 Å². The van der Waals surface area contributed by atoms with Crippen LogP contribution < -0.4 is 9.64 Å². The summed E-state index contributed by atoms with van der Waals surface area (Å²) < 4.78 is 11.2. The van der Waals surface area contributed by atoms with Crippen molar-refractivity contribution in [3.05, 3.63) is 34.7 Å². The van der Waals surface area contributed by atoms with Crippen LogP contribution >= 0.6 is 11.6 Å². The molecular formula is C19H25ClN4O3. The number of aryl methyl sites for hydroxylation is 1. The first-order chi connectivity index (χ1) is 12.8. The van der Waals surface area contributed by atoms with Gasteiger partial charge in [0, 0.05) is 38.1 Å². The van der Waals surface area contributed by atoms with Crippen molar-refractivity contribution in [1.82, 2.24) is 15.0 Å². The summed E-state index contributed by atoms with van der Waals surface area (Å²) in [4.78, 5) is 20.8. The molecule has 146 valence electrons. The van der Waals surface area contributed by atoms with Crippen LogP contribution in [-0.2, 0) is 4.79 Å². The molecule has 2 aromatic rings. The van der Waals surface area contributed by atoms with Crippen LogP contribution in [0.4, 0.5) is 5.95 Å². The minimum absolute atomic E-state index is 0.0134. The highest BCUT2D eigenvalue weighted by Crippen LogP contribution is 2.28. The third-order valence-electron chi connectivity index (χ3n) is 4.78. The Morgan fingerprint density at radius 3 is 2.67 bits per heavy atom. The van der Waals surface area contributed by atoms with Crippen LogP contribution in [0.15, 0.2) is 22.7 Å². The Balaban J connectivity index is 1.54. The summed E-state index contributed by atoms with van der Waals surface area (Å²) in [6.45, 7) is 4.98. The molecule has 0 saturated carbocycles. The van der Waals surface area contributed by atoms with E-state index in [1.807, 2.05) is 36.9 Å². The quantitative estimate of drug-likeness (QED) is 0.777. The Hall–Kier alpha value is -2.28. The van der Waals surface area contributed by atoms with Crippen molar-refractivity contribution >= 4 is 23.5 Å².